The van der Waals surface area contributed by atoms with E-state index in [-0.39, 0.29) is 16.5 Å². The van der Waals surface area contributed by atoms with Crippen LogP contribution < -0.4 is 4.74 Å². The van der Waals surface area contributed by atoms with Crippen molar-refractivity contribution in [2.75, 3.05) is 7.11 Å². The summed E-state index contributed by atoms with van der Waals surface area (Å²) in [5, 5.41) is 10.9. The van der Waals surface area contributed by atoms with Gasteiger partial charge in [-0.25, -0.2) is 0 Å². The first-order chi connectivity index (χ1) is 8.86. The van der Waals surface area contributed by atoms with Crippen LogP contribution in [0.3, 0.4) is 0 Å². The Balaban J connectivity index is 3.23. The van der Waals surface area contributed by atoms with Gasteiger partial charge in [0.2, 0.25) is 5.75 Å². The molecule has 0 N–H and O–H groups in total. The van der Waals surface area contributed by atoms with Gasteiger partial charge in [-0.1, -0.05) is 6.07 Å². The molecule has 0 saturated heterocycles. The zero-order chi connectivity index (χ0) is 14.6. The first-order valence-electron chi connectivity index (χ1n) is 4.84. The number of nitrogens with zero attached hydrogens (tertiary/aromatic N) is 1. The summed E-state index contributed by atoms with van der Waals surface area (Å²) in [7, 11) is 1.17. The second-order valence-corrected chi connectivity index (χ2v) is 4.07. The summed E-state index contributed by atoms with van der Waals surface area (Å²) in [6.07, 6.45) is -0.229. The Morgan fingerprint density at radius 3 is 2.63 bits per heavy atom. The van der Waals surface area contributed by atoms with Crippen molar-refractivity contribution >= 4 is 27.6 Å². The van der Waals surface area contributed by atoms with E-state index in [0.717, 1.165) is 6.07 Å². The van der Waals surface area contributed by atoms with Crippen LogP contribution in [-0.2, 0) is 16.0 Å². The smallest absolute Gasteiger partial charge is 0.387 e. The molecule has 0 fully saturated rings. The SMILES string of the molecule is COC(=O)Cc1ccc(OC(F)F)c([N+](=O)[O-])c1Br. The van der Waals surface area contributed by atoms with Crippen molar-refractivity contribution in [3.05, 3.63) is 32.3 Å². The lowest BCUT2D eigenvalue weighted by Gasteiger charge is -2.09. The molecule has 1 aromatic carbocycles. The highest BCUT2D eigenvalue weighted by atomic mass is 79.9. The highest BCUT2D eigenvalue weighted by Crippen LogP contribution is 2.38. The minimum atomic E-state index is -3.18. The fourth-order valence-corrected chi connectivity index (χ4v) is 1.93. The van der Waals surface area contributed by atoms with Crippen LogP contribution in [-0.4, -0.2) is 24.6 Å². The van der Waals surface area contributed by atoms with E-state index in [1.165, 1.54) is 13.2 Å². The first kappa shape index (κ1) is 15.3. The third-order valence-electron chi connectivity index (χ3n) is 2.12. The van der Waals surface area contributed by atoms with Gasteiger partial charge in [0.05, 0.1) is 18.5 Å². The summed E-state index contributed by atoms with van der Waals surface area (Å²) < 4.78 is 32.6. The maximum atomic E-state index is 12.1. The van der Waals surface area contributed by atoms with E-state index < -0.39 is 28.9 Å². The van der Waals surface area contributed by atoms with Crippen molar-refractivity contribution in [2.45, 2.75) is 13.0 Å². The monoisotopic (exact) mass is 339 g/mol. The van der Waals surface area contributed by atoms with Crippen LogP contribution in [0.4, 0.5) is 14.5 Å². The standard InChI is InChI=1S/C10H8BrF2NO5/c1-18-7(15)4-5-2-3-6(19-10(12)13)9(8(5)11)14(16)17/h2-3,10H,4H2,1H3. The molecule has 104 valence electrons. The van der Waals surface area contributed by atoms with Gasteiger partial charge in [0.1, 0.15) is 4.47 Å². The van der Waals surface area contributed by atoms with E-state index in [9.17, 15) is 23.7 Å². The van der Waals surface area contributed by atoms with Gasteiger partial charge in [0.15, 0.2) is 0 Å². The molecule has 1 rings (SSSR count). The van der Waals surface area contributed by atoms with Gasteiger partial charge in [0, 0.05) is 0 Å². The second-order valence-electron chi connectivity index (χ2n) is 3.27. The summed E-state index contributed by atoms with van der Waals surface area (Å²) in [4.78, 5) is 21.1. The van der Waals surface area contributed by atoms with Gasteiger partial charge in [-0.15, -0.1) is 0 Å². The number of benzene rings is 1. The predicted octanol–water partition coefficient (Wildman–Crippen LogP) is 2.67. The van der Waals surface area contributed by atoms with Crippen LogP contribution >= 0.6 is 15.9 Å². The Labute approximate surface area is 114 Å². The highest BCUT2D eigenvalue weighted by Gasteiger charge is 2.25. The molecule has 6 nitrogen and oxygen atoms in total. The van der Waals surface area contributed by atoms with Gasteiger partial charge in [-0.3, -0.25) is 14.9 Å². The maximum Gasteiger partial charge on any atom is 0.387 e. The zero-order valence-electron chi connectivity index (χ0n) is 9.56. The fraction of sp³-hybridized carbons (Fsp3) is 0.300. The van der Waals surface area contributed by atoms with E-state index in [0.29, 0.717) is 0 Å². The number of rotatable bonds is 5. The number of methoxy groups -OCH3 is 1. The largest absolute Gasteiger partial charge is 0.469 e. The van der Waals surface area contributed by atoms with Gasteiger partial charge in [-0.05, 0) is 27.6 Å². The molecule has 0 aromatic heterocycles. The number of esters is 1. The number of hydrogen-bond acceptors (Lipinski definition) is 5. The van der Waals surface area contributed by atoms with Crippen LogP contribution in [0.15, 0.2) is 16.6 Å². The van der Waals surface area contributed by atoms with Crippen LogP contribution in [0.25, 0.3) is 0 Å². The normalized spacial score (nSPS) is 10.4. The Morgan fingerprint density at radius 2 is 2.16 bits per heavy atom. The third kappa shape index (κ3) is 3.85. The quantitative estimate of drug-likeness (QED) is 0.468. The van der Waals surface area contributed by atoms with Gasteiger partial charge < -0.3 is 9.47 Å². The first-order valence-corrected chi connectivity index (χ1v) is 5.63. The Kier molecular flexibility index (Phi) is 5.16. The van der Waals surface area contributed by atoms with Gasteiger partial charge in [-0.2, -0.15) is 8.78 Å². The van der Waals surface area contributed by atoms with E-state index in [2.05, 4.69) is 25.4 Å². The molecule has 1 aromatic rings. The fourth-order valence-electron chi connectivity index (χ4n) is 1.31. The number of carbonyl (C=O) groups is 1. The average Bonchev–Trinajstić information content (AvgIpc) is 2.31. The topological polar surface area (TPSA) is 78.7 Å². The van der Waals surface area contributed by atoms with Gasteiger partial charge in [0.25, 0.3) is 0 Å². The molecular weight excluding hydrogens is 332 g/mol. The molecule has 0 aliphatic rings. The molecule has 0 spiro atoms. The minimum Gasteiger partial charge on any atom is -0.469 e. The Hall–Kier alpha value is -1.77. The second kappa shape index (κ2) is 6.41. The maximum absolute atomic E-state index is 12.1. The summed E-state index contributed by atoms with van der Waals surface area (Å²) >= 11 is 2.91. The van der Waals surface area contributed by atoms with E-state index in [1.807, 2.05) is 0 Å². The van der Waals surface area contributed by atoms with E-state index >= 15 is 0 Å². The number of hydrogen-bond donors (Lipinski definition) is 0. The Bertz CT molecular complexity index is 509. The molecule has 0 amide bonds. The number of nitro groups is 1. The van der Waals surface area contributed by atoms with Crippen molar-refractivity contribution in [1.29, 1.82) is 0 Å². The molecule has 0 atom stereocenters. The summed E-state index contributed by atoms with van der Waals surface area (Å²) in [6.45, 7) is -3.18. The third-order valence-corrected chi connectivity index (χ3v) is 3.01. The number of nitro benzene ring substituents is 1. The molecule has 0 aliphatic heterocycles. The van der Waals surface area contributed by atoms with E-state index in [1.54, 1.807) is 0 Å². The van der Waals surface area contributed by atoms with Crippen molar-refractivity contribution in [1.82, 2.24) is 0 Å². The summed E-state index contributed by atoms with van der Waals surface area (Å²) in [6, 6.07) is 2.28. The number of ether oxygens (including phenoxy) is 2. The average molecular weight is 340 g/mol. The molecule has 0 saturated carbocycles. The minimum absolute atomic E-state index is 0.0962. The van der Waals surface area contributed by atoms with E-state index in [4.69, 9.17) is 0 Å². The van der Waals surface area contributed by atoms with Crippen molar-refractivity contribution in [3.8, 4) is 5.75 Å². The highest BCUT2D eigenvalue weighted by molar-refractivity contribution is 9.10. The number of carbonyl (C=O) groups excluding carboxylic acids is 1. The van der Waals surface area contributed by atoms with Crippen LogP contribution in [0.2, 0.25) is 0 Å². The van der Waals surface area contributed by atoms with Crippen LogP contribution in [0.1, 0.15) is 5.56 Å². The van der Waals surface area contributed by atoms with Crippen molar-refractivity contribution < 1.29 is 28.0 Å². The molecule has 0 heterocycles. The summed E-state index contributed by atoms with van der Waals surface area (Å²) in [5.74, 6) is -1.20. The van der Waals surface area contributed by atoms with Crippen LogP contribution in [0.5, 0.6) is 5.75 Å². The van der Waals surface area contributed by atoms with Crippen molar-refractivity contribution in [2.24, 2.45) is 0 Å². The molecule has 0 bridgehead atoms. The Morgan fingerprint density at radius 1 is 1.53 bits per heavy atom. The summed E-state index contributed by atoms with van der Waals surface area (Å²) in [5.41, 5.74) is -0.429. The van der Waals surface area contributed by atoms with Gasteiger partial charge >= 0.3 is 18.3 Å². The molecule has 0 radical (unpaired) electrons. The lowest BCUT2D eigenvalue weighted by molar-refractivity contribution is -0.387. The lowest BCUT2D eigenvalue weighted by Crippen LogP contribution is -2.08. The predicted molar refractivity (Wildman–Crippen MR) is 63.1 cm³/mol. The van der Waals surface area contributed by atoms with Crippen LogP contribution in [0, 0.1) is 10.1 Å². The molecule has 9 heteroatoms. The molecule has 0 unspecified atom stereocenters. The lowest BCUT2D eigenvalue weighted by atomic mass is 10.1. The molecule has 19 heavy (non-hydrogen) atoms. The number of alkyl halides is 2. The molecular formula is C10H8BrF2NO5. The zero-order valence-corrected chi connectivity index (χ0v) is 11.1. The number of halogens is 3. The molecule has 0 aliphatic carbocycles. The van der Waals surface area contributed by atoms with Crippen molar-refractivity contribution in [3.63, 3.8) is 0 Å².